The monoisotopic (exact) mass is 344 g/mol. The van der Waals surface area contributed by atoms with Crippen LogP contribution in [0, 0.1) is 23.3 Å². The van der Waals surface area contributed by atoms with E-state index in [2.05, 4.69) is 4.74 Å². The number of rotatable bonds is 4. The summed E-state index contributed by atoms with van der Waals surface area (Å²) in [4.78, 5) is 23.1. The van der Waals surface area contributed by atoms with Crippen LogP contribution in [-0.2, 0) is 0 Å². The number of benzene rings is 2. The van der Waals surface area contributed by atoms with Gasteiger partial charge in [0.25, 0.3) is 0 Å². The van der Waals surface area contributed by atoms with Crippen LogP contribution in [0.4, 0.5) is 17.6 Å². The van der Waals surface area contributed by atoms with Gasteiger partial charge in [0.2, 0.25) is 17.4 Å². The normalized spacial score (nSPS) is 10.4. The van der Waals surface area contributed by atoms with E-state index in [9.17, 15) is 27.2 Å². The van der Waals surface area contributed by atoms with Crippen molar-refractivity contribution in [3.63, 3.8) is 0 Å². The smallest absolute Gasteiger partial charge is 0.347 e. The van der Waals surface area contributed by atoms with E-state index in [0.29, 0.717) is 0 Å². The minimum Gasteiger partial charge on any atom is -0.495 e. The fraction of sp³-hybridized carbons (Fsp3) is 0.0667. The molecule has 0 fully saturated rings. The van der Waals surface area contributed by atoms with Crippen molar-refractivity contribution in [2.75, 3.05) is 7.11 Å². The Labute approximate surface area is 132 Å². The Hall–Kier alpha value is -3.10. The number of aromatic carboxylic acids is 1. The van der Waals surface area contributed by atoms with Crippen molar-refractivity contribution in [3.8, 4) is 11.5 Å². The first-order valence-corrected chi connectivity index (χ1v) is 6.23. The van der Waals surface area contributed by atoms with Gasteiger partial charge in [-0.3, -0.25) is 0 Å². The maximum atomic E-state index is 13.5. The Morgan fingerprint density at radius 3 is 2.00 bits per heavy atom. The number of carboxylic acids is 1. The van der Waals surface area contributed by atoms with Crippen molar-refractivity contribution in [1.82, 2.24) is 0 Å². The van der Waals surface area contributed by atoms with Crippen LogP contribution in [0.3, 0.4) is 0 Å². The van der Waals surface area contributed by atoms with Gasteiger partial charge in [0.1, 0.15) is 16.9 Å². The Morgan fingerprint density at radius 2 is 1.50 bits per heavy atom. The van der Waals surface area contributed by atoms with Crippen LogP contribution >= 0.6 is 0 Å². The van der Waals surface area contributed by atoms with Gasteiger partial charge in [-0.2, -0.15) is 8.78 Å². The fourth-order valence-electron chi connectivity index (χ4n) is 1.87. The predicted molar refractivity (Wildman–Crippen MR) is 71.2 cm³/mol. The summed E-state index contributed by atoms with van der Waals surface area (Å²) in [7, 11) is 1.06. The molecule has 5 nitrogen and oxygen atoms in total. The van der Waals surface area contributed by atoms with Gasteiger partial charge in [-0.05, 0) is 12.1 Å². The van der Waals surface area contributed by atoms with E-state index < -0.39 is 57.8 Å². The van der Waals surface area contributed by atoms with Crippen LogP contribution in [0.15, 0.2) is 24.3 Å². The molecule has 0 saturated carbocycles. The molecule has 9 heteroatoms. The summed E-state index contributed by atoms with van der Waals surface area (Å²) in [6.07, 6.45) is 0. The van der Waals surface area contributed by atoms with Gasteiger partial charge in [-0.1, -0.05) is 6.07 Å². The van der Waals surface area contributed by atoms with Gasteiger partial charge < -0.3 is 14.6 Å². The summed E-state index contributed by atoms with van der Waals surface area (Å²) in [5.41, 5.74) is -0.917. The number of methoxy groups -OCH3 is 1. The lowest BCUT2D eigenvalue weighted by atomic mass is 10.1. The number of esters is 1. The second-order valence-electron chi connectivity index (χ2n) is 4.38. The number of carbonyl (C=O) groups is 2. The van der Waals surface area contributed by atoms with Crippen LogP contribution in [-0.4, -0.2) is 24.2 Å². The summed E-state index contributed by atoms with van der Waals surface area (Å²) in [5, 5.41) is 9.00. The number of ether oxygens (including phenoxy) is 2. The molecule has 0 unspecified atom stereocenters. The minimum absolute atomic E-state index is 0.0480. The number of para-hydroxylation sites is 1. The van der Waals surface area contributed by atoms with Gasteiger partial charge in [0.05, 0.1) is 7.11 Å². The summed E-state index contributed by atoms with van der Waals surface area (Å²) < 4.78 is 62.4. The first-order valence-electron chi connectivity index (χ1n) is 6.23. The number of carboxylic acid groups (broad SMARTS) is 1. The summed E-state index contributed by atoms with van der Waals surface area (Å²) in [6, 6.07) is 3.27. The Morgan fingerprint density at radius 1 is 0.958 bits per heavy atom. The summed E-state index contributed by atoms with van der Waals surface area (Å²) >= 11 is 0. The molecule has 0 aromatic heterocycles. The van der Waals surface area contributed by atoms with Crippen LogP contribution in [0.1, 0.15) is 20.7 Å². The number of carbonyl (C=O) groups excluding carboxylic acids is 1. The maximum Gasteiger partial charge on any atom is 0.347 e. The summed E-state index contributed by atoms with van der Waals surface area (Å²) in [5.74, 6) is -12.3. The molecule has 24 heavy (non-hydrogen) atoms. The first kappa shape index (κ1) is 17.3. The lowest BCUT2D eigenvalue weighted by Gasteiger charge is -2.12. The SMILES string of the molecule is COc1c(C(=O)O)cccc1C(=O)Oc1c(F)c(F)cc(F)c1F. The number of hydrogen-bond donors (Lipinski definition) is 1. The molecule has 0 spiro atoms. The number of halogens is 4. The molecule has 0 aliphatic heterocycles. The minimum atomic E-state index is -1.91. The highest BCUT2D eigenvalue weighted by molar-refractivity contribution is 6.00. The quantitative estimate of drug-likeness (QED) is 0.399. The van der Waals surface area contributed by atoms with E-state index in [1.165, 1.54) is 0 Å². The lowest BCUT2D eigenvalue weighted by molar-refractivity contribution is 0.0693. The maximum absolute atomic E-state index is 13.5. The van der Waals surface area contributed by atoms with Gasteiger partial charge in [0.15, 0.2) is 11.6 Å². The molecule has 0 bridgehead atoms. The standard InChI is InChI=1S/C15H8F4O5/c1-23-12-6(14(20)21)3-2-4-7(12)15(22)24-13-10(18)8(16)5-9(17)11(13)19/h2-5H,1H3,(H,20,21). The molecule has 0 amide bonds. The molecule has 126 valence electrons. The van der Waals surface area contributed by atoms with E-state index in [4.69, 9.17) is 9.84 Å². The van der Waals surface area contributed by atoms with Crippen LogP contribution in [0.5, 0.6) is 11.5 Å². The molecule has 0 atom stereocenters. The highest BCUT2D eigenvalue weighted by Gasteiger charge is 2.26. The second-order valence-corrected chi connectivity index (χ2v) is 4.38. The lowest BCUT2D eigenvalue weighted by Crippen LogP contribution is -2.15. The van der Waals surface area contributed by atoms with Crippen LogP contribution in [0.25, 0.3) is 0 Å². The molecule has 0 aliphatic rings. The average Bonchev–Trinajstić information content (AvgIpc) is 2.55. The van der Waals surface area contributed by atoms with Crippen molar-refractivity contribution in [2.24, 2.45) is 0 Å². The first-order chi connectivity index (χ1) is 11.3. The zero-order valence-corrected chi connectivity index (χ0v) is 11.9. The Kier molecular flexibility index (Phi) is 4.72. The third-order valence-corrected chi connectivity index (χ3v) is 2.94. The summed E-state index contributed by atoms with van der Waals surface area (Å²) in [6.45, 7) is 0. The topological polar surface area (TPSA) is 72.8 Å². The van der Waals surface area contributed by atoms with Gasteiger partial charge in [-0.25, -0.2) is 18.4 Å². The largest absolute Gasteiger partial charge is 0.495 e. The van der Waals surface area contributed by atoms with Crippen molar-refractivity contribution in [3.05, 3.63) is 58.7 Å². The number of hydrogen-bond acceptors (Lipinski definition) is 4. The van der Waals surface area contributed by atoms with E-state index in [0.717, 1.165) is 25.3 Å². The highest BCUT2D eigenvalue weighted by Crippen LogP contribution is 2.29. The van der Waals surface area contributed by atoms with E-state index in [-0.39, 0.29) is 6.07 Å². The van der Waals surface area contributed by atoms with E-state index in [1.807, 2.05) is 0 Å². The van der Waals surface area contributed by atoms with Crippen LogP contribution < -0.4 is 9.47 Å². The molecule has 0 aliphatic carbocycles. The average molecular weight is 344 g/mol. The molecule has 0 heterocycles. The predicted octanol–water partition coefficient (Wildman–Crippen LogP) is 3.17. The van der Waals surface area contributed by atoms with E-state index in [1.54, 1.807) is 0 Å². The fourth-order valence-corrected chi connectivity index (χ4v) is 1.87. The molecule has 2 rings (SSSR count). The molecule has 2 aromatic carbocycles. The van der Waals surface area contributed by atoms with Crippen molar-refractivity contribution in [2.45, 2.75) is 0 Å². The van der Waals surface area contributed by atoms with E-state index >= 15 is 0 Å². The zero-order chi connectivity index (χ0) is 18.0. The molecule has 0 saturated heterocycles. The van der Waals surface area contributed by atoms with Gasteiger partial charge in [-0.15, -0.1) is 0 Å². The molecule has 0 radical (unpaired) electrons. The highest BCUT2D eigenvalue weighted by atomic mass is 19.2. The zero-order valence-electron chi connectivity index (χ0n) is 11.9. The molecule has 1 N–H and O–H groups in total. The molecular formula is C15H8F4O5. The third-order valence-electron chi connectivity index (χ3n) is 2.94. The van der Waals surface area contributed by atoms with Crippen molar-refractivity contribution in [1.29, 1.82) is 0 Å². The van der Waals surface area contributed by atoms with Crippen molar-refractivity contribution < 1.29 is 41.7 Å². The van der Waals surface area contributed by atoms with Crippen LogP contribution in [0.2, 0.25) is 0 Å². The Balaban J connectivity index is 2.49. The second kappa shape index (κ2) is 6.57. The van der Waals surface area contributed by atoms with Crippen molar-refractivity contribution >= 4 is 11.9 Å². The third kappa shape index (κ3) is 3.00. The molecule has 2 aromatic rings. The molecular weight excluding hydrogens is 336 g/mol. The van der Waals surface area contributed by atoms with Gasteiger partial charge in [0, 0.05) is 6.07 Å². The Bertz CT molecular complexity index is 809. The van der Waals surface area contributed by atoms with Gasteiger partial charge >= 0.3 is 11.9 Å².